The molecule has 0 aliphatic carbocycles. The topological polar surface area (TPSA) is 88.5 Å². The van der Waals surface area contributed by atoms with Crippen LogP contribution in [-0.4, -0.2) is 69.9 Å². The Morgan fingerprint density at radius 3 is 2.29 bits per heavy atom. The molecule has 1 fully saturated rings. The molecule has 278 valence electrons. The molecule has 5 rings (SSSR count). The molecule has 8 nitrogen and oxygen atoms in total. The number of carbonyl (C=O) groups excluding carboxylic acids is 2. The van der Waals surface area contributed by atoms with Gasteiger partial charge in [0, 0.05) is 31.1 Å². The summed E-state index contributed by atoms with van der Waals surface area (Å²) in [5.74, 6) is 0.949. The molecular weight excluding hydrogens is 669 g/mol. The molecule has 4 atom stereocenters. The van der Waals surface area contributed by atoms with E-state index in [2.05, 4.69) is 65.1 Å². The Morgan fingerprint density at radius 2 is 1.65 bits per heavy atom. The monoisotopic (exact) mass is 724 g/mol. The van der Waals surface area contributed by atoms with E-state index < -0.39 is 19.8 Å². The van der Waals surface area contributed by atoms with Crippen LogP contribution >= 0.6 is 0 Å². The van der Waals surface area contributed by atoms with Gasteiger partial charge in [0.25, 0.3) is 5.91 Å². The first-order valence-electron chi connectivity index (χ1n) is 18.4. The minimum absolute atomic E-state index is 0.0894. The summed E-state index contributed by atoms with van der Waals surface area (Å²) in [7, 11) is 0.820. The van der Waals surface area contributed by atoms with Gasteiger partial charge in [-0.3, -0.25) is 9.59 Å². The Bertz CT molecular complexity index is 1770. The molecule has 1 saturated heterocycles. The van der Waals surface area contributed by atoms with E-state index in [1.54, 1.807) is 19.1 Å². The Balaban J connectivity index is 1.57. The maximum atomic E-state index is 15.1. The fourth-order valence-electron chi connectivity index (χ4n) is 8.26. The highest BCUT2D eigenvalue weighted by Crippen LogP contribution is 2.60. The fraction of sp³-hybridized carbons (Fsp3) is 0.442. The summed E-state index contributed by atoms with van der Waals surface area (Å²) < 4.78 is 18.4. The standard InChI is InChI=1S/C43H56N2O6Si/c1-30(2)13-12-14-31(3)23-24-45-38-22-19-35(50-6)27-37(38)43(42(45)48)32(4)41(52(7,8)36-20-17-34(49-5)18-21-36)39(51-43)28-40(47)44(25-26-46)29-33-15-10-9-11-16-33/h9-11,13,15-23,27,32,39,41,46H,12,14,24-26,28-29H2,1-8H3/b31-23+/t32-,39+,41-,43+/m1/s1. The van der Waals surface area contributed by atoms with E-state index in [1.165, 1.54) is 16.3 Å². The number of fused-ring (bicyclic) bond motifs is 2. The number of amides is 2. The van der Waals surface area contributed by atoms with Gasteiger partial charge in [-0.1, -0.05) is 91.0 Å². The Labute approximate surface area is 311 Å². The van der Waals surface area contributed by atoms with E-state index >= 15 is 4.79 Å². The third kappa shape index (κ3) is 7.92. The van der Waals surface area contributed by atoms with Crippen LogP contribution in [-0.2, 0) is 26.5 Å². The lowest BCUT2D eigenvalue weighted by Gasteiger charge is -2.37. The molecule has 0 unspecified atom stereocenters. The van der Waals surface area contributed by atoms with E-state index in [0.717, 1.165) is 35.4 Å². The molecule has 3 aromatic carbocycles. The first kappa shape index (κ1) is 39.0. The number of hydrogen-bond donors (Lipinski definition) is 1. The third-order valence-corrected chi connectivity index (χ3v) is 15.4. The van der Waals surface area contributed by atoms with Crippen molar-refractivity contribution in [3.63, 3.8) is 0 Å². The van der Waals surface area contributed by atoms with Gasteiger partial charge in [0.2, 0.25) is 5.91 Å². The maximum absolute atomic E-state index is 15.1. The molecule has 2 aliphatic heterocycles. The third-order valence-electron chi connectivity index (χ3n) is 11.1. The van der Waals surface area contributed by atoms with Crippen molar-refractivity contribution in [2.24, 2.45) is 5.92 Å². The van der Waals surface area contributed by atoms with Crippen LogP contribution in [0.1, 0.15) is 58.1 Å². The summed E-state index contributed by atoms with van der Waals surface area (Å²) in [6, 6.07) is 23.8. The van der Waals surface area contributed by atoms with Crippen molar-refractivity contribution in [3.05, 3.63) is 107 Å². The number of hydrogen-bond acceptors (Lipinski definition) is 6. The van der Waals surface area contributed by atoms with Gasteiger partial charge < -0.3 is 29.1 Å². The van der Waals surface area contributed by atoms with Crippen LogP contribution in [0.15, 0.2) is 96.1 Å². The van der Waals surface area contributed by atoms with Crippen molar-refractivity contribution in [1.82, 2.24) is 4.90 Å². The average molecular weight is 725 g/mol. The number of aliphatic hydroxyl groups excluding tert-OH is 1. The van der Waals surface area contributed by atoms with E-state index in [-0.39, 0.29) is 42.8 Å². The summed E-state index contributed by atoms with van der Waals surface area (Å²) in [4.78, 5) is 33.0. The zero-order valence-corrected chi connectivity index (χ0v) is 33.1. The van der Waals surface area contributed by atoms with Crippen molar-refractivity contribution < 1.29 is 28.9 Å². The van der Waals surface area contributed by atoms with Gasteiger partial charge in [0.05, 0.1) is 47.1 Å². The lowest BCUT2D eigenvalue weighted by Crippen LogP contribution is -2.52. The normalized spacial score (nSPS) is 21.3. The van der Waals surface area contributed by atoms with E-state index in [1.807, 2.05) is 65.6 Å². The van der Waals surface area contributed by atoms with Crippen molar-refractivity contribution in [1.29, 1.82) is 0 Å². The largest absolute Gasteiger partial charge is 0.497 e. The SMILES string of the molecule is COc1ccc([Si](C)(C)[C@H]2[C@H](CC(=O)N(CCO)Cc3ccccc3)O[C@@]3(C(=O)N(C/C=C(\C)CCC=C(C)C)c4ccc(OC)cc43)[C@@H]2C)cc1. The quantitative estimate of drug-likeness (QED) is 0.130. The van der Waals surface area contributed by atoms with Gasteiger partial charge in [0.15, 0.2) is 5.60 Å². The van der Waals surface area contributed by atoms with Gasteiger partial charge in [-0.25, -0.2) is 0 Å². The van der Waals surface area contributed by atoms with Crippen molar-refractivity contribution in [2.75, 3.05) is 38.8 Å². The van der Waals surface area contributed by atoms with Crippen LogP contribution < -0.4 is 19.6 Å². The van der Waals surface area contributed by atoms with E-state index in [9.17, 15) is 9.90 Å². The van der Waals surface area contributed by atoms with E-state index in [4.69, 9.17) is 14.2 Å². The number of anilines is 1. The molecule has 1 N–H and O–H groups in total. The molecule has 2 amide bonds. The van der Waals surface area contributed by atoms with Crippen LogP contribution in [0.3, 0.4) is 0 Å². The molecule has 3 aromatic rings. The van der Waals surface area contributed by atoms with Crippen LogP contribution in [0.5, 0.6) is 11.5 Å². The predicted molar refractivity (Wildman–Crippen MR) is 211 cm³/mol. The van der Waals surface area contributed by atoms with Gasteiger partial charge in [-0.05, 0) is 75.0 Å². The van der Waals surface area contributed by atoms with Crippen LogP contribution in [0.25, 0.3) is 0 Å². The summed E-state index contributed by atoms with van der Waals surface area (Å²) in [6.45, 7) is 13.9. The summed E-state index contributed by atoms with van der Waals surface area (Å²) in [6.07, 6.45) is 5.80. The number of ether oxygens (including phenoxy) is 3. The minimum Gasteiger partial charge on any atom is -0.497 e. The summed E-state index contributed by atoms with van der Waals surface area (Å²) >= 11 is 0. The molecular formula is C43H56N2O6Si. The average Bonchev–Trinajstić information content (AvgIpc) is 3.56. The van der Waals surface area contributed by atoms with Crippen LogP contribution in [0.2, 0.25) is 18.6 Å². The minimum atomic E-state index is -2.47. The Morgan fingerprint density at radius 1 is 0.981 bits per heavy atom. The molecule has 2 aliphatic rings. The number of carbonyl (C=O) groups is 2. The second-order valence-electron chi connectivity index (χ2n) is 15.1. The summed E-state index contributed by atoms with van der Waals surface area (Å²) in [5, 5.41) is 11.2. The molecule has 52 heavy (non-hydrogen) atoms. The second kappa shape index (κ2) is 16.7. The number of methoxy groups -OCH3 is 2. The lowest BCUT2D eigenvalue weighted by molar-refractivity contribution is -0.149. The number of allylic oxidation sites excluding steroid dienone is 3. The summed E-state index contributed by atoms with van der Waals surface area (Å²) in [5.41, 5.74) is 3.69. The van der Waals surface area contributed by atoms with Gasteiger partial charge >= 0.3 is 0 Å². The van der Waals surface area contributed by atoms with Crippen molar-refractivity contribution in [3.8, 4) is 11.5 Å². The van der Waals surface area contributed by atoms with Gasteiger partial charge in [-0.2, -0.15) is 0 Å². The number of nitrogens with zero attached hydrogens (tertiary/aromatic N) is 2. The molecule has 2 heterocycles. The Kier molecular flexibility index (Phi) is 12.5. The second-order valence-corrected chi connectivity index (χ2v) is 19.7. The van der Waals surface area contributed by atoms with Gasteiger partial charge in [-0.15, -0.1) is 0 Å². The first-order chi connectivity index (χ1) is 24.9. The highest BCUT2D eigenvalue weighted by molar-refractivity contribution is 6.91. The van der Waals surface area contributed by atoms with Gasteiger partial charge in [0.1, 0.15) is 11.5 Å². The van der Waals surface area contributed by atoms with Crippen LogP contribution in [0, 0.1) is 5.92 Å². The number of benzene rings is 3. The predicted octanol–water partition coefficient (Wildman–Crippen LogP) is 7.37. The maximum Gasteiger partial charge on any atom is 0.264 e. The zero-order chi connectivity index (χ0) is 37.6. The highest BCUT2D eigenvalue weighted by Gasteiger charge is 2.66. The van der Waals surface area contributed by atoms with Crippen molar-refractivity contribution in [2.45, 2.75) is 83.8 Å². The molecule has 9 heteroatoms. The van der Waals surface area contributed by atoms with Crippen molar-refractivity contribution >= 4 is 30.8 Å². The first-order valence-corrected chi connectivity index (χ1v) is 21.5. The zero-order valence-electron chi connectivity index (χ0n) is 32.1. The molecule has 0 aromatic heterocycles. The molecule has 0 saturated carbocycles. The number of aliphatic hydroxyl groups is 1. The number of rotatable bonds is 15. The smallest absolute Gasteiger partial charge is 0.264 e. The fourth-order valence-corrected chi connectivity index (χ4v) is 12.3. The lowest BCUT2D eigenvalue weighted by atomic mass is 9.82. The van der Waals surface area contributed by atoms with E-state index in [0.29, 0.717) is 18.8 Å². The molecule has 0 radical (unpaired) electrons. The Hall–Kier alpha value is -4.18. The highest BCUT2D eigenvalue weighted by atomic mass is 28.3. The molecule has 0 bridgehead atoms. The molecule has 1 spiro atoms. The van der Waals surface area contributed by atoms with Crippen LogP contribution in [0.4, 0.5) is 5.69 Å².